The van der Waals surface area contributed by atoms with Crippen molar-refractivity contribution in [2.24, 2.45) is 0 Å². The number of aromatic nitrogens is 1. The Morgan fingerprint density at radius 3 is 3.08 bits per heavy atom. The first-order chi connectivity index (χ1) is 6.86. The van der Waals surface area contributed by atoms with Crippen LogP contribution in [0.5, 0.6) is 0 Å². The summed E-state index contributed by atoms with van der Waals surface area (Å²) in [5.74, 6) is -0.673. The average Bonchev–Trinajstić information content (AvgIpc) is 2.15. The SMILES string of the molecule is [2H]C([2H])([2H])c1ccc(Br)c(C(=O)OC)n1. The van der Waals surface area contributed by atoms with Crippen LogP contribution in [0.1, 0.15) is 20.3 Å². The molecule has 4 heteroatoms. The topological polar surface area (TPSA) is 39.2 Å². The molecule has 1 aromatic heterocycles. The molecule has 0 saturated carbocycles. The number of carbonyl (C=O) groups excluding carboxylic acids is 1. The van der Waals surface area contributed by atoms with Crippen LogP contribution in [0.3, 0.4) is 0 Å². The number of rotatable bonds is 1. The van der Waals surface area contributed by atoms with E-state index in [-0.39, 0.29) is 11.4 Å². The highest BCUT2D eigenvalue weighted by molar-refractivity contribution is 9.10. The van der Waals surface area contributed by atoms with E-state index in [0.717, 1.165) is 0 Å². The molecule has 0 atom stereocenters. The van der Waals surface area contributed by atoms with Gasteiger partial charge in [-0.1, -0.05) is 0 Å². The third kappa shape index (κ3) is 1.82. The maximum atomic E-state index is 11.2. The molecule has 0 aliphatic rings. The molecule has 1 aromatic rings. The van der Waals surface area contributed by atoms with Crippen molar-refractivity contribution >= 4 is 21.9 Å². The van der Waals surface area contributed by atoms with Gasteiger partial charge in [0, 0.05) is 9.81 Å². The molecule has 0 N–H and O–H groups in total. The molecule has 3 nitrogen and oxygen atoms in total. The minimum Gasteiger partial charge on any atom is -0.464 e. The smallest absolute Gasteiger partial charge is 0.357 e. The summed E-state index contributed by atoms with van der Waals surface area (Å²) in [4.78, 5) is 14.9. The lowest BCUT2D eigenvalue weighted by Crippen LogP contribution is -2.05. The van der Waals surface area contributed by atoms with E-state index in [0.29, 0.717) is 4.47 Å². The van der Waals surface area contributed by atoms with Gasteiger partial charge in [0.15, 0.2) is 5.69 Å². The zero-order valence-corrected chi connectivity index (χ0v) is 7.88. The number of hydrogen-bond acceptors (Lipinski definition) is 3. The number of esters is 1. The van der Waals surface area contributed by atoms with E-state index in [2.05, 4.69) is 25.7 Å². The van der Waals surface area contributed by atoms with E-state index < -0.39 is 12.8 Å². The van der Waals surface area contributed by atoms with Crippen LogP contribution in [0.4, 0.5) is 0 Å². The van der Waals surface area contributed by atoms with Crippen molar-refractivity contribution in [1.29, 1.82) is 0 Å². The molecule has 1 rings (SSSR count). The Balaban J connectivity index is 3.23. The van der Waals surface area contributed by atoms with Gasteiger partial charge in [0.25, 0.3) is 0 Å². The molecule has 64 valence electrons. The molecule has 0 aliphatic carbocycles. The Bertz CT molecular complexity index is 392. The molecule has 0 aliphatic heterocycles. The van der Waals surface area contributed by atoms with Gasteiger partial charge in [0.05, 0.1) is 11.6 Å². The normalized spacial score (nSPS) is 14.3. The Hall–Kier alpha value is -0.900. The van der Waals surface area contributed by atoms with Crippen LogP contribution in [0.15, 0.2) is 16.6 Å². The fourth-order valence-corrected chi connectivity index (χ4v) is 1.06. The second-order valence-corrected chi connectivity index (χ2v) is 2.87. The standard InChI is InChI=1S/C8H8BrNO2/c1-5-3-4-6(9)7(10-5)8(11)12-2/h3-4H,1-2H3/i1D3. The van der Waals surface area contributed by atoms with Crippen molar-refractivity contribution in [2.75, 3.05) is 7.11 Å². The molecule has 0 saturated heterocycles. The van der Waals surface area contributed by atoms with Gasteiger partial charge in [-0.25, -0.2) is 9.78 Å². The minimum atomic E-state index is -2.33. The van der Waals surface area contributed by atoms with E-state index in [1.165, 1.54) is 19.2 Å². The predicted molar refractivity (Wildman–Crippen MR) is 48.0 cm³/mol. The van der Waals surface area contributed by atoms with Crippen LogP contribution in [-0.2, 0) is 4.74 Å². The monoisotopic (exact) mass is 232 g/mol. The molecular formula is C8H8BrNO2. The van der Waals surface area contributed by atoms with Gasteiger partial charge in [0.1, 0.15) is 0 Å². The Morgan fingerprint density at radius 2 is 2.50 bits per heavy atom. The van der Waals surface area contributed by atoms with Gasteiger partial charge in [0.2, 0.25) is 0 Å². The number of carbonyl (C=O) groups is 1. The van der Waals surface area contributed by atoms with E-state index in [4.69, 9.17) is 4.11 Å². The van der Waals surface area contributed by atoms with Crippen molar-refractivity contribution in [3.05, 3.63) is 28.0 Å². The summed E-state index contributed by atoms with van der Waals surface area (Å²) in [5, 5.41) is 0. The minimum absolute atomic E-state index is 0.0360. The number of halogens is 1. The van der Waals surface area contributed by atoms with Gasteiger partial charge >= 0.3 is 5.97 Å². The van der Waals surface area contributed by atoms with Gasteiger partial charge < -0.3 is 4.74 Å². The van der Waals surface area contributed by atoms with Crippen molar-refractivity contribution < 1.29 is 13.6 Å². The van der Waals surface area contributed by atoms with Crippen molar-refractivity contribution in [3.8, 4) is 0 Å². The first-order valence-corrected chi connectivity index (χ1v) is 3.91. The van der Waals surface area contributed by atoms with Gasteiger partial charge in [-0.15, -0.1) is 0 Å². The molecule has 0 spiro atoms. The van der Waals surface area contributed by atoms with Crippen molar-refractivity contribution in [3.63, 3.8) is 0 Å². The fourth-order valence-electron chi connectivity index (χ4n) is 0.682. The maximum Gasteiger partial charge on any atom is 0.357 e. The number of pyridine rings is 1. The van der Waals surface area contributed by atoms with Crippen LogP contribution in [-0.4, -0.2) is 18.1 Å². The zero-order valence-electron chi connectivity index (χ0n) is 9.30. The maximum absolute atomic E-state index is 11.2. The summed E-state index contributed by atoms with van der Waals surface area (Å²) in [5.41, 5.74) is -0.169. The summed E-state index contributed by atoms with van der Waals surface area (Å²) in [6, 6.07) is 2.80. The second kappa shape index (κ2) is 3.67. The third-order valence-electron chi connectivity index (χ3n) is 1.22. The van der Waals surface area contributed by atoms with Gasteiger partial charge in [-0.2, -0.15) is 0 Å². The molecule has 0 bridgehead atoms. The van der Waals surface area contributed by atoms with Crippen molar-refractivity contribution in [2.45, 2.75) is 6.85 Å². The highest BCUT2D eigenvalue weighted by atomic mass is 79.9. The second-order valence-electron chi connectivity index (χ2n) is 2.02. The lowest BCUT2D eigenvalue weighted by atomic mass is 10.3. The van der Waals surface area contributed by atoms with E-state index in [1.54, 1.807) is 0 Å². The molecule has 0 aromatic carbocycles. The van der Waals surface area contributed by atoms with Crippen LogP contribution in [0, 0.1) is 6.85 Å². The third-order valence-corrected chi connectivity index (χ3v) is 1.86. The lowest BCUT2D eigenvalue weighted by molar-refractivity contribution is 0.0592. The zero-order chi connectivity index (χ0) is 11.6. The first kappa shape index (κ1) is 5.70. The molecule has 0 unspecified atom stereocenters. The highest BCUT2D eigenvalue weighted by Gasteiger charge is 2.11. The average molecular weight is 233 g/mol. The molecule has 0 fully saturated rings. The number of ether oxygens (including phenoxy) is 1. The van der Waals surface area contributed by atoms with Crippen LogP contribution in [0.2, 0.25) is 0 Å². The number of aryl methyl sites for hydroxylation is 1. The van der Waals surface area contributed by atoms with Crippen LogP contribution in [0.25, 0.3) is 0 Å². The molecule has 0 radical (unpaired) electrons. The number of nitrogens with zero attached hydrogens (tertiary/aromatic N) is 1. The summed E-state index contributed by atoms with van der Waals surface area (Å²) < 4.78 is 26.3. The van der Waals surface area contributed by atoms with E-state index >= 15 is 0 Å². The summed E-state index contributed by atoms with van der Waals surface area (Å²) in [6.45, 7) is -2.33. The molecule has 1 heterocycles. The largest absolute Gasteiger partial charge is 0.464 e. The highest BCUT2D eigenvalue weighted by Crippen LogP contribution is 2.15. The fraction of sp³-hybridized carbons (Fsp3) is 0.250. The molecule has 0 amide bonds. The van der Waals surface area contributed by atoms with Crippen molar-refractivity contribution in [1.82, 2.24) is 4.98 Å². The summed E-state index contributed by atoms with van der Waals surface area (Å²) >= 11 is 3.09. The van der Waals surface area contributed by atoms with Crippen LogP contribution >= 0.6 is 15.9 Å². The number of hydrogen-bond donors (Lipinski definition) is 0. The Labute approximate surface area is 83.1 Å². The summed E-state index contributed by atoms with van der Waals surface area (Å²) in [6.07, 6.45) is 0. The van der Waals surface area contributed by atoms with Gasteiger partial charge in [-0.3, -0.25) is 0 Å². The van der Waals surface area contributed by atoms with E-state index in [1.807, 2.05) is 0 Å². The molecule has 12 heavy (non-hydrogen) atoms. The lowest BCUT2D eigenvalue weighted by Gasteiger charge is -2.01. The van der Waals surface area contributed by atoms with E-state index in [9.17, 15) is 4.79 Å². The van der Waals surface area contributed by atoms with Gasteiger partial charge in [-0.05, 0) is 34.9 Å². The Morgan fingerprint density at radius 1 is 1.75 bits per heavy atom. The van der Waals surface area contributed by atoms with Crippen LogP contribution < -0.4 is 0 Å². The Kier molecular flexibility index (Phi) is 1.74. The molecular weight excluding hydrogens is 222 g/mol. The summed E-state index contributed by atoms with van der Waals surface area (Å²) in [7, 11) is 1.21. The number of methoxy groups -OCH3 is 1. The quantitative estimate of drug-likeness (QED) is 0.696. The predicted octanol–water partition coefficient (Wildman–Crippen LogP) is 1.94. The first-order valence-electron chi connectivity index (χ1n) is 4.61.